The summed E-state index contributed by atoms with van der Waals surface area (Å²) in [5.74, 6) is 0. The third kappa shape index (κ3) is 4.99. The van der Waals surface area contributed by atoms with Crippen molar-refractivity contribution >= 4 is 29.7 Å². The standard InChI is InChI=1S/C28H24NOP/c1-23-17-19-24(20-18-23)21-22-28(25-11-5-2-6-12-25)29-31(30,26-13-7-3-8-14-26)27-15-9-4-10-16-27/h2-22H,1H3/b22-21+,29-28-. The molecule has 152 valence electrons. The van der Waals surface area contributed by atoms with Crippen LogP contribution in [0.1, 0.15) is 16.7 Å². The summed E-state index contributed by atoms with van der Waals surface area (Å²) in [7, 11) is -3.24. The van der Waals surface area contributed by atoms with Crippen LogP contribution in [0.5, 0.6) is 0 Å². The summed E-state index contributed by atoms with van der Waals surface area (Å²) in [6.45, 7) is 2.07. The van der Waals surface area contributed by atoms with Crippen molar-refractivity contribution in [1.82, 2.24) is 0 Å². The van der Waals surface area contributed by atoms with Crippen molar-refractivity contribution in [3.63, 3.8) is 0 Å². The molecular weight excluding hydrogens is 397 g/mol. The normalized spacial score (nSPS) is 12.2. The second kappa shape index (κ2) is 9.55. The van der Waals surface area contributed by atoms with Crippen molar-refractivity contribution in [2.24, 2.45) is 4.76 Å². The maximum absolute atomic E-state index is 14.4. The SMILES string of the molecule is Cc1ccc(/C=C/C(=N/P(=O)(c2ccccc2)c2ccccc2)c2ccccc2)cc1. The Kier molecular flexibility index (Phi) is 6.40. The highest BCUT2D eigenvalue weighted by Gasteiger charge is 2.27. The quantitative estimate of drug-likeness (QED) is 0.261. The van der Waals surface area contributed by atoms with E-state index in [0.29, 0.717) is 5.71 Å². The molecule has 0 amide bonds. The van der Waals surface area contributed by atoms with Crippen molar-refractivity contribution in [3.8, 4) is 0 Å². The molecule has 0 aromatic heterocycles. The fourth-order valence-corrected chi connectivity index (χ4v) is 5.49. The molecule has 2 nitrogen and oxygen atoms in total. The lowest BCUT2D eigenvalue weighted by Crippen LogP contribution is -2.15. The molecule has 0 N–H and O–H groups in total. The lowest BCUT2D eigenvalue weighted by molar-refractivity contribution is 0.588. The predicted molar refractivity (Wildman–Crippen MR) is 133 cm³/mol. The van der Waals surface area contributed by atoms with Gasteiger partial charge in [0.05, 0.1) is 5.71 Å². The van der Waals surface area contributed by atoms with Gasteiger partial charge in [0.2, 0.25) is 7.29 Å². The third-order valence-corrected chi connectivity index (χ3v) is 7.53. The molecule has 0 aliphatic rings. The van der Waals surface area contributed by atoms with Gasteiger partial charge in [0.15, 0.2) is 0 Å². The Balaban J connectivity index is 1.87. The highest BCUT2D eigenvalue weighted by Crippen LogP contribution is 2.45. The Morgan fingerprint density at radius 2 is 1.16 bits per heavy atom. The average molecular weight is 421 g/mol. The molecular formula is C28H24NOP. The molecule has 0 fully saturated rings. The number of hydrogen-bond acceptors (Lipinski definition) is 1. The van der Waals surface area contributed by atoms with E-state index in [4.69, 9.17) is 4.76 Å². The molecule has 31 heavy (non-hydrogen) atoms. The Morgan fingerprint density at radius 3 is 1.68 bits per heavy atom. The molecule has 0 aliphatic heterocycles. The van der Waals surface area contributed by atoms with Crippen molar-refractivity contribution in [2.75, 3.05) is 0 Å². The topological polar surface area (TPSA) is 29.4 Å². The predicted octanol–water partition coefficient (Wildman–Crippen LogP) is 6.43. The van der Waals surface area contributed by atoms with Crippen LogP contribution in [0.3, 0.4) is 0 Å². The van der Waals surface area contributed by atoms with Gasteiger partial charge < -0.3 is 0 Å². The molecule has 3 heteroatoms. The van der Waals surface area contributed by atoms with Crippen LogP contribution in [0.15, 0.2) is 126 Å². The molecule has 4 aromatic rings. The Morgan fingerprint density at radius 1 is 0.677 bits per heavy atom. The van der Waals surface area contributed by atoms with Crippen LogP contribution in [-0.2, 0) is 4.57 Å². The van der Waals surface area contributed by atoms with Gasteiger partial charge >= 0.3 is 0 Å². The van der Waals surface area contributed by atoms with Gasteiger partial charge in [-0.15, -0.1) is 0 Å². The van der Waals surface area contributed by atoms with Crippen molar-refractivity contribution in [2.45, 2.75) is 6.92 Å². The zero-order valence-corrected chi connectivity index (χ0v) is 18.3. The van der Waals surface area contributed by atoms with Crippen molar-refractivity contribution in [1.29, 1.82) is 0 Å². The van der Waals surface area contributed by atoms with E-state index in [1.54, 1.807) is 0 Å². The molecule has 0 bridgehead atoms. The van der Waals surface area contributed by atoms with E-state index in [2.05, 4.69) is 31.2 Å². The zero-order chi connectivity index (χ0) is 21.5. The first-order valence-electron chi connectivity index (χ1n) is 10.3. The van der Waals surface area contributed by atoms with Gasteiger partial charge in [-0.2, -0.15) is 0 Å². The van der Waals surface area contributed by atoms with Gasteiger partial charge in [-0.25, -0.2) is 4.76 Å². The van der Waals surface area contributed by atoms with Crippen molar-refractivity contribution < 1.29 is 4.57 Å². The molecule has 4 rings (SSSR count). The summed E-state index contributed by atoms with van der Waals surface area (Å²) in [5.41, 5.74) is 3.91. The van der Waals surface area contributed by atoms with E-state index < -0.39 is 7.29 Å². The highest BCUT2D eigenvalue weighted by molar-refractivity contribution is 7.77. The smallest absolute Gasteiger partial charge is 0.247 e. The minimum atomic E-state index is -3.24. The number of benzene rings is 4. The lowest BCUT2D eigenvalue weighted by Gasteiger charge is -2.16. The number of nitrogens with zero attached hydrogens (tertiary/aromatic N) is 1. The molecule has 0 spiro atoms. The molecule has 4 aromatic carbocycles. The first kappa shape index (κ1) is 20.8. The first-order valence-corrected chi connectivity index (χ1v) is 11.9. The molecule has 0 aliphatic carbocycles. The number of hydrogen-bond donors (Lipinski definition) is 0. The molecule has 0 saturated carbocycles. The number of rotatable bonds is 6. The minimum Gasteiger partial charge on any atom is -0.288 e. The summed E-state index contributed by atoms with van der Waals surface area (Å²) in [6, 6.07) is 37.3. The summed E-state index contributed by atoms with van der Waals surface area (Å²) in [6.07, 6.45) is 3.98. The maximum atomic E-state index is 14.4. The van der Waals surface area contributed by atoms with Gasteiger partial charge in [-0.05, 0) is 42.8 Å². The Bertz CT molecular complexity index is 1190. The van der Waals surface area contributed by atoms with Gasteiger partial charge in [0.25, 0.3) is 0 Å². The second-order valence-corrected chi connectivity index (χ2v) is 9.73. The number of aryl methyl sites for hydroxylation is 1. The second-order valence-electron chi connectivity index (χ2n) is 7.34. The summed E-state index contributed by atoms with van der Waals surface area (Å²) in [5, 5.41) is 1.44. The summed E-state index contributed by atoms with van der Waals surface area (Å²) >= 11 is 0. The molecule has 0 saturated heterocycles. The van der Waals surface area contributed by atoms with Crippen LogP contribution in [0.25, 0.3) is 6.08 Å². The monoisotopic (exact) mass is 421 g/mol. The summed E-state index contributed by atoms with van der Waals surface area (Å²) in [4.78, 5) is 0. The summed E-state index contributed by atoms with van der Waals surface area (Å²) < 4.78 is 19.4. The van der Waals surface area contributed by atoms with Crippen LogP contribution >= 0.6 is 7.29 Å². The number of allylic oxidation sites excluding steroid dienone is 1. The molecule has 0 radical (unpaired) electrons. The van der Waals surface area contributed by atoms with Crippen molar-refractivity contribution in [3.05, 3.63) is 138 Å². The zero-order valence-electron chi connectivity index (χ0n) is 17.4. The fourth-order valence-electron chi connectivity index (χ4n) is 3.33. The minimum absolute atomic E-state index is 0.692. The van der Waals surface area contributed by atoms with Gasteiger partial charge in [0, 0.05) is 16.2 Å². The van der Waals surface area contributed by atoms with E-state index in [-0.39, 0.29) is 0 Å². The van der Waals surface area contributed by atoms with E-state index in [1.165, 1.54) is 5.56 Å². The molecule has 0 atom stereocenters. The Hall–Kier alpha value is -3.48. The fraction of sp³-hybridized carbons (Fsp3) is 0.0357. The lowest BCUT2D eigenvalue weighted by atomic mass is 10.1. The van der Waals surface area contributed by atoms with Crippen LogP contribution in [0.4, 0.5) is 0 Å². The van der Waals surface area contributed by atoms with Crippen LogP contribution in [-0.4, -0.2) is 5.71 Å². The van der Waals surface area contributed by atoms with E-state index in [9.17, 15) is 4.57 Å². The van der Waals surface area contributed by atoms with E-state index in [0.717, 1.165) is 21.7 Å². The van der Waals surface area contributed by atoms with E-state index >= 15 is 0 Å². The highest BCUT2D eigenvalue weighted by atomic mass is 31.2. The maximum Gasteiger partial charge on any atom is 0.247 e. The molecule has 0 unspecified atom stereocenters. The first-order chi connectivity index (χ1) is 15.1. The van der Waals surface area contributed by atoms with Crippen LogP contribution in [0.2, 0.25) is 0 Å². The Labute approximate surface area is 184 Å². The van der Waals surface area contributed by atoms with Crippen LogP contribution < -0.4 is 10.6 Å². The van der Waals surface area contributed by atoms with E-state index in [1.807, 2.05) is 103 Å². The van der Waals surface area contributed by atoms with Gasteiger partial charge in [0.1, 0.15) is 0 Å². The molecule has 0 heterocycles. The largest absolute Gasteiger partial charge is 0.288 e. The third-order valence-electron chi connectivity index (χ3n) is 5.04. The van der Waals surface area contributed by atoms with Crippen LogP contribution in [0, 0.1) is 6.92 Å². The average Bonchev–Trinajstić information content (AvgIpc) is 2.84. The van der Waals surface area contributed by atoms with Gasteiger partial charge in [-0.3, -0.25) is 4.57 Å². The van der Waals surface area contributed by atoms with Gasteiger partial charge in [-0.1, -0.05) is 103 Å².